The molecule has 1 aromatic heterocycles. The molecule has 1 aromatic carbocycles. The second kappa shape index (κ2) is 9.70. The molecule has 2 N–H and O–H groups in total. The van der Waals surface area contributed by atoms with Crippen LogP contribution in [0.25, 0.3) is 0 Å². The molecule has 0 spiro atoms. The number of aromatic nitrogens is 1. The Morgan fingerprint density at radius 1 is 1.19 bits per heavy atom. The highest BCUT2D eigenvalue weighted by molar-refractivity contribution is 5.79. The number of anilines is 1. The topological polar surface area (TPSA) is 61.8 Å². The van der Waals surface area contributed by atoms with Crippen LogP contribution in [0, 0.1) is 6.92 Å². The molecule has 2 aromatic rings. The minimum absolute atomic E-state index is 0.153. The maximum absolute atomic E-state index is 12.6. The van der Waals surface area contributed by atoms with Crippen LogP contribution in [0.3, 0.4) is 0 Å². The summed E-state index contributed by atoms with van der Waals surface area (Å²) in [4.78, 5) is 10.5. The Morgan fingerprint density at radius 3 is 2.52 bits per heavy atom. The van der Waals surface area contributed by atoms with Gasteiger partial charge >= 0.3 is 6.61 Å². The second-order valence-corrected chi connectivity index (χ2v) is 6.15. The molecule has 0 bridgehead atoms. The number of halogens is 2. The van der Waals surface area contributed by atoms with Crippen LogP contribution in [0.2, 0.25) is 0 Å². The van der Waals surface area contributed by atoms with Crippen LogP contribution in [0.4, 0.5) is 14.6 Å². The number of aryl methyl sites for hydroxylation is 1. The highest BCUT2D eigenvalue weighted by Gasteiger charge is 2.11. The van der Waals surface area contributed by atoms with Gasteiger partial charge in [0.05, 0.1) is 0 Å². The van der Waals surface area contributed by atoms with Crippen molar-refractivity contribution < 1.29 is 13.5 Å². The number of pyridine rings is 1. The number of benzene rings is 1. The zero-order valence-corrected chi connectivity index (χ0v) is 16.0. The fourth-order valence-corrected chi connectivity index (χ4v) is 2.61. The van der Waals surface area contributed by atoms with Crippen LogP contribution in [0.15, 0.2) is 41.5 Å². The molecule has 27 heavy (non-hydrogen) atoms. The molecule has 0 atom stereocenters. The number of ether oxygens (including phenoxy) is 1. The maximum atomic E-state index is 12.6. The van der Waals surface area contributed by atoms with E-state index in [4.69, 9.17) is 0 Å². The number of hydrogen-bond acceptors (Lipinski definition) is 4. The predicted octanol–water partition coefficient (Wildman–Crippen LogP) is 2.92. The highest BCUT2D eigenvalue weighted by atomic mass is 19.3. The van der Waals surface area contributed by atoms with E-state index in [0.29, 0.717) is 24.6 Å². The third kappa shape index (κ3) is 6.09. The van der Waals surface area contributed by atoms with Crippen molar-refractivity contribution in [1.29, 1.82) is 0 Å². The number of nitrogens with one attached hydrogen (secondary N) is 2. The lowest BCUT2D eigenvalue weighted by Crippen LogP contribution is -2.36. The van der Waals surface area contributed by atoms with Gasteiger partial charge in [0.15, 0.2) is 5.96 Å². The van der Waals surface area contributed by atoms with Crippen molar-refractivity contribution in [1.82, 2.24) is 15.6 Å². The van der Waals surface area contributed by atoms with Crippen molar-refractivity contribution >= 4 is 11.8 Å². The van der Waals surface area contributed by atoms with Crippen molar-refractivity contribution in [2.75, 3.05) is 26.0 Å². The number of aliphatic imine (C=N–C) groups is 1. The largest absolute Gasteiger partial charge is 0.434 e. The number of guanidine groups is 1. The van der Waals surface area contributed by atoms with Crippen LogP contribution in [0.1, 0.15) is 16.7 Å². The molecule has 0 aliphatic rings. The van der Waals surface area contributed by atoms with E-state index in [2.05, 4.69) is 25.3 Å². The lowest BCUT2D eigenvalue weighted by Gasteiger charge is -2.18. The summed E-state index contributed by atoms with van der Waals surface area (Å²) < 4.78 is 29.8. The van der Waals surface area contributed by atoms with Gasteiger partial charge in [-0.15, -0.1) is 0 Å². The molecule has 146 valence electrons. The van der Waals surface area contributed by atoms with Gasteiger partial charge in [-0.3, -0.25) is 4.99 Å². The molecule has 8 heteroatoms. The van der Waals surface area contributed by atoms with Gasteiger partial charge < -0.3 is 20.3 Å². The smallest absolute Gasteiger partial charge is 0.387 e. The normalized spacial score (nSPS) is 11.4. The Hall–Kier alpha value is -2.90. The average Bonchev–Trinajstić information content (AvgIpc) is 2.63. The van der Waals surface area contributed by atoms with E-state index in [1.165, 1.54) is 0 Å². The van der Waals surface area contributed by atoms with Gasteiger partial charge in [-0.05, 0) is 19.1 Å². The van der Waals surface area contributed by atoms with E-state index in [1.807, 2.05) is 44.1 Å². The van der Waals surface area contributed by atoms with E-state index >= 15 is 0 Å². The Labute approximate surface area is 158 Å². The Morgan fingerprint density at radius 2 is 1.89 bits per heavy atom. The number of hydrogen-bond donors (Lipinski definition) is 2. The Bertz CT molecular complexity index is 780. The van der Waals surface area contributed by atoms with E-state index in [1.54, 1.807) is 25.4 Å². The standard InChI is InChI=1S/C19H25F2N5O/c1-13-7-8-16(27-18(20)21)15(10-13)12-25-19(22-2)24-11-14-6-5-9-23-17(14)26(3)4/h5-10,18H,11-12H2,1-4H3,(H2,22,24,25). The molecule has 0 radical (unpaired) electrons. The fourth-order valence-electron chi connectivity index (χ4n) is 2.61. The van der Waals surface area contributed by atoms with Crippen molar-refractivity contribution in [2.45, 2.75) is 26.6 Å². The molecule has 0 aliphatic carbocycles. The lowest BCUT2D eigenvalue weighted by atomic mass is 10.1. The van der Waals surface area contributed by atoms with Gasteiger partial charge in [0, 0.05) is 51.6 Å². The van der Waals surface area contributed by atoms with Gasteiger partial charge in [0.25, 0.3) is 0 Å². The molecule has 0 saturated carbocycles. The summed E-state index contributed by atoms with van der Waals surface area (Å²) in [5.41, 5.74) is 2.61. The predicted molar refractivity (Wildman–Crippen MR) is 103 cm³/mol. The average molecular weight is 377 g/mol. The first-order valence-corrected chi connectivity index (χ1v) is 8.50. The van der Waals surface area contributed by atoms with Crippen LogP contribution in [0.5, 0.6) is 5.75 Å². The summed E-state index contributed by atoms with van der Waals surface area (Å²) in [7, 11) is 5.51. The molecule has 0 unspecified atom stereocenters. The monoisotopic (exact) mass is 377 g/mol. The molecule has 0 saturated heterocycles. The van der Waals surface area contributed by atoms with Gasteiger partial charge in [-0.1, -0.05) is 23.8 Å². The summed E-state index contributed by atoms with van der Waals surface area (Å²) in [6.07, 6.45) is 1.74. The SMILES string of the molecule is CN=C(NCc1cc(C)ccc1OC(F)F)NCc1cccnc1N(C)C. The second-order valence-electron chi connectivity index (χ2n) is 6.15. The zero-order chi connectivity index (χ0) is 19.8. The Kier molecular flexibility index (Phi) is 7.34. The first-order valence-electron chi connectivity index (χ1n) is 8.50. The molecule has 2 rings (SSSR count). The van der Waals surface area contributed by atoms with E-state index in [-0.39, 0.29) is 5.75 Å². The third-order valence-corrected chi connectivity index (χ3v) is 3.84. The minimum Gasteiger partial charge on any atom is -0.434 e. The van der Waals surface area contributed by atoms with E-state index in [0.717, 1.165) is 16.9 Å². The molecule has 6 nitrogen and oxygen atoms in total. The minimum atomic E-state index is -2.86. The van der Waals surface area contributed by atoms with Crippen molar-refractivity contribution in [3.8, 4) is 5.75 Å². The molecule has 0 fully saturated rings. The number of alkyl halides is 2. The van der Waals surface area contributed by atoms with Gasteiger partial charge in [-0.25, -0.2) is 4.98 Å². The van der Waals surface area contributed by atoms with E-state index < -0.39 is 6.61 Å². The first kappa shape index (κ1) is 20.4. The molecule has 0 aliphatic heterocycles. The Balaban J connectivity index is 2.02. The third-order valence-electron chi connectivity index (χ3n) is 3.84. The number of nitrogens with zero attached hydrogens (tertiary/aromatic N) is 3. The number of rotatable bonds is 7. The van der Waals surface area contributed by atoms with Crippen LogP contribution in [-0.2, 0) is 13.1 Å². The zero-order valence-electron chi connectivity index (χ0n) is 16.0. The van der Waals surface area contributed by atoms with Crippen molar-refractivity contribution in [2.24, 2.45) is 4.99 Å². The van der Waals surface area contributed by atoms with Crippen LogP contribution >= 0.6 is 0 Å². The lowest BCUT2D eigenvalue weighted by molar-refractivity contribution is -0.0504. The highest BCUT2D eigenvalue weighted by Crippen LogP contribution is 2.22. The van der Waals surface area contributed by atoms with Crippen LogP contribution in [-0.4, -0.2) is 38.7 Å². The van der Waals surface area contributed by atoms with Crippen LogP contribution < -0.4 is 20.3 Å². The molecule has 0 amide bonds. The first-order chi connectivity index (χ1) is 12.9. The quantitative estimate of drug-likeness (QED) is 0.574. The van der Waals surface area contributed by atoms with Crippen molar-refractivity contribution in [3.63, 3.8) is 0 Å². The summed E-state index contributed by atoms with van der Waals surface area (Å²) in [6, 6.07) is 8.95. The van der Waals surface area contributed by atoms with E-state index in [9.17, 15) is 8.78 Å². The van der Waals surface area contributed by atoms with Gasteiger partial charge in [0.1, 0.15) is 11.6 Å². The summed E-state index contributed by atoms with van der Waals surface area (Å²) in [5.74, 6) is 1.57. The van der Waals surface area contributed by atoms with Crippen molar-refractivity contribution in [3.05, 3.63) is 53.2 Å². The van der Waals surface area contributed by atoms with Gasteiger partial charge in [0.2, 0.25) is 0 Å². The summed E-state index contributed by atoms with van der Waals surface area (Å²) in [5, 5.41) is 6.33. The summed E-state index contributed by atoms with van der Waals surface area (Å²) >= 11 is 0. The molecular formula is C19H25F2N5O. The summed E-state index contributed by atoms with van der Waals surface area (Å²) in [6.45, 7) is -0.140. The molecular weight excluding hydrogens is 352 g/mol. The fraction of sp³-hybridized carbons (Fsp3) is 0.368. The maximum Gasteiger partial charge on any atom is 0.387 e. The molecule has 1 heterocycles. The van der Waals surface area contributed by atoms with Gasteiger partial charge in [-0.2, -0.15) is 8.78 Å².